The molecular weight excluding hydrogens is 212 g/mol. The summed E-state index contributed by atoms with van der Waals surface area (Å²) in [6.07, 6.45) is 0.914. The molecule has 0 aromatic heterocycles. The van der Waals surface area contributed by atoms with Crippen molar-refractivity contribution in [1.29, 1.82) is 0 Å². The molecule has 1 amide bonds. The largest absolute Gasteiger partial charge is 0.481 e. The van der Waals surface area contributed by atoms with E-state index in [0.717, 1.165) is 0 Å². The van der Waals surface area contributed by atoms with Crippen LogP contribution in [0.5, 0.6) is 0 Å². The number of carboxylic acid groups (broad SMARTS) is 1. The van der Waals surface area contributed by atoms with Crippen molar-refractivity contribution >= 4 is 11.9 Å². The van der Waals surface area contributed by atoms with Crippen LogP contribution in [0.15, 0.2) is 0 Å². The summed E-state index contributed by atoms with van der Waals surface area (Å²) in [5.74, 6) is -1.74. The molecule has 16 heavy (non-hydrogen) atoms. The van der Waals surface area contributed by atoms with Crippen molar-refractivity contribution in [3.8, 4) is 0 Å². The van der Waals surface area contributed by atoms with Gasteiger partial charge in [-0.05, 0) is 13.3 Å². The van der Waals surface area contributed by atoms with E-state index in [1.807, 2.05) is 6.92 Å². The molecule has 6 nitrogen and oxygen atoms in total. The van der Waals surface area contributed by atoms with E-state index < -0.39 is 17.9 Å². The van der Waals surface area contributed by atoms with Crippen LogP contribution in [0.4, 0.5) is 0 Å². The minimum atomic E-state index is -0.935. The van der Waals surface area contributed by atoms with E-state index in [-0.39, 0.29) is 25.2 Å². The molecule has 0 bridgehead atoms. The summed E-state index contributed by atoms with van der Waals surface area (Å²) in [6.45, 7) is 2.25. The van der Waals surface area contributed by atoms with Crippen LogP contribution >= 0.6 is 0 Å². The molecule has 0 aromatic rings. The van der Waals surface area contributed by atoms with Gasteiger partial charge in [0.25, 0.3) is 0 Å². The van der Waals surface area contributed by atoms with Crippen molar-refractivity contribution in [3.63, 3.8) is 0 Å². The van der Waals surface area contributed by atoms with Gasteiger partial charge in [-0.3, -0.25) is 9.59 Å². The van der Waals surface area contributed by atoms with E-state index in [2.05, 4.69) is 5.32 Å². The normalized spacial score (nSPS) is 26.4. The first kappa shape index (κ1) is 12.9. The highest BCUT2D eigenvalue weighted by molar-refractivity contribution is 5.78. The number of aliphatic carboxylic acids is 1. The lowest BCUT2D eigenvalue weighted by Crippen LogP contribution is -2.42. The molecule has 0 radical (unpaired) electrons. The van der Waals surface area contributed by atoms with Gasteiger partial charge in [0.15, 0.2) is 0 Å². The Bertz CT molecular complexity index is 268. The third kappa shape index (κ3) is 3.79. The Morgan fingerprint density at radius 3 is 2.81 bits per heavy atom. The van der Waals surface area contributed by atoms with Crippen molar-refractivity contribution in [1.82, 2.24) is 5.32 Å². The Labute approximate surface area is 94.1 Å². The Kier molecular flexibility index (Phi) is 4.70. The Morgan fingerprint density at radius 1 is 1.56 bits per heavy atom. The molecule has 0 aliphatic carbocycles. The van der Waals surface area contributed by atoms with E-state index >= 15 is 0 Å². The first-order valence-corrected chi connectivity index (χ1v) is 5.36. The smallest absolute Gasteiger partial charge is 0.311 e. The standard InChI is InChI=1S/C10H18N2O4/c1-6(11)2-3-9(13)12-8-5-16-4-7(8)10(14)15/h6-8H,2-5,11H2,1H3,(H,12,13)(H,14,15). The lowest BCUT2D eigenvalue weighted by molar-refractivity contribution is -0.142. The summed E-state index contributed by atoms with van der Waals surface area (Å²) < 4.78 is 5.04. The highest BCUT2D eigenvalue weighted by Gasteiger charge is 2.34. The van der Waals surface area contributed by atoms with Crippen molar-refractivity contribution in [2.75, 3.05) is 13.2 Å². The first-order chi connectivity index (χ1) is 7.50. The summed E-state index contributed by atoms with van der Waals surface area (Å²) in [4.78, 5) is 22.3. The van der Waals surface area contributed by atoms with Crippen molar-refractivity contribution < 1.29 is 19.4 Å². The van der Waals surface area contributed by atoms with Crippen LogP contribution in [0.2, 0.25) is 0 Å². The van der Waals surface area contributed by atoms with E-state index in [0.29, 0.717) is 12.8 Å². The molecule has 92 valence electrons. The number of hydrogen-bond donors (Lipinski definition) is 3. The van der Waals surface area contributed by atoms with Gasteiger partial charge in [0.2, 0.25) is 5.91 Å². The number of hydrogen-bond acceptors (Lipinski definition) is 4. The minimum Gasteiger partial charge on any atom is -0.481 e. The van der Waals surface area contributed by atoms with Crippen LogP contribution in [-0.2, 0) is 14.3 Å². The minimum absolute atomic E-state index is 0.0270. The van der Waals surface area contributed by atoms with Gasteiger partial charge in [0.05, 0.1) is 19.3 Å². The molecule has 1 heterocycles. The topological polar surface area (TPSA) is 102 Å². The summed E-state index contributed by atoms with van der Waals surface area (Å²) in [5, 5.41) is 11.5. The highest BCUT2D eigenvalue weighted by Crippen LogP contribution is 2.14. The van der Waals surface area contributed by atoms with Gasteiger partial charge in [-0.1, -0.05) is 0 Å². The average Bonchev–Trinajstić information content (AvgIpc) is 2.62. The second kappa shape index (κ2) is 5.81. The molecule has 1 fully saturated rings. The lowest BCUT2D eigenvalue weighted by atomic mass is 10.0. The zero-order chi connectivity index (χ0) is 12.1. The van der Waals surface area contributed by atoms with Gasteiger partial charge in [-0.2, -0.15) is 0 Å². The number of carbonyl (C=O) groups excluding carboxylic acids is 1. The monoisotopic (exact) mass is 230 g/mol. The van der Waals surface area contributed by atoms with Crippen LogP contribution in [-0.4, -0.2) is 42.3 Å². The zero-order valence-corrected chi connectivity index (χ0v) is 9.31. The quantitative estimate of drug-likeness (QED) is 0.581. The summed E-state index contributed by atoms with van der Waals surface area (Å²) >= 11 is 0. The average molecular weight is 230 g/mol. The third-order valence-electron chi connectivity index (χ3n) is 2.57. The molecule has 1 aliphatic heterocycles. The van der Waals surface area contributed by atoms with Crippen molar-refractivity contribution in [3.05, 3.63) is 0 Å². The summed E-state index contributed by atoms with van der Waals surface area (Å²) in [7, 11) is 0. The van der Waals surface area contributed by atoms with E-state index in [1.54, 1.807) is 0 Å². The Morgan fingerprint density at radius 2 is 2.25 bits per heavy atom. The van der Waals surface area contributed by atoms with Gasteiger partial charge in [-0.15, -0.1) is 0 Å². The molecule has 0 saturated carbocycles. The van der Waals surface area contributed by atoms with Gasteiger partial charge in [0, 0.05) is 12.5 Å². The molecule has 0 aromatic carbocycles. The number of carboxylic acids is 1. The second-order valence-electron chi connectivity index (χ2n) is 4.17. The van der Waals surface area contributed by atoms with Crippen LogP contribution in [0.3, 0.4) is 0 Å². The summed E-state index contributed by atoms with van der Waals surface area (Å²) in [6, 6.07) is -0.445. The molecule has 4 N–H and O–H groups in total. The predicted molar refractivity (Wildman–Crippen MR) is 56.8 cm³/mol. The molecule has 6 heteroatoms. The number of amides is 1. The van der Waals surface area contributed by atoms with E-state index in [9.17, 15) is 9.59 Å². The maximum atomic E-state index is 11.5. The van der Waals surface area contributed by atoms with Crippen LogP contribution in [0.1, 0.15) is 19.8 Å². The van der Waals surface area contributed by atoms with Gasteiger partial charge < -0.3 is 20.9 Å². The molecule has 0 spiro atoms. The van der Waals surface area contributed by atoms with Gasteiger partial charge >= 0.3 is 5.97 Å². The fraction of sp³-hybridized carbons (Fsp3) is 0.800. The van der Waals surface area contributed by atoms with E-state index in [1.165, 1.54) is 0 Å². The van der Waals surface area contributed by atoms with Crippen LogP contribution < -0.4 is 11.1 Å². The Balaban J connectivity index is 2.35. The maximum Gasteiger partial charge on any atom is 0.311 e. The molecule has 3 unspecified atom stereocenters. The number of ether oxygens (including phenoxy) is 1. The van der Waals surface area contributed by atoms with Crippen molar-refractivity contribution in [2.24, 2.45) is 11.7 Å². The van der Waals surface area contributed by atoms with Crippen molar-refractivity contribution in [2.45, 2.75) is 31.8 Å². The number of rotatable bonds is 5. The predicted octanol–water partition coefficient (Wildman–Crippen LogP) is -0.670. The second-order valence-corrected chi connectivity index (χ2v) is 4.17. The van der Waals surface area contributed by atoms with Crippen LogP contribution in [0.25, 0.3) is 0 Å². The highest BCUT2D eigenvalue weighted by atomic mass is 16.5. The molecular formula is C10H18N2O4. The Hall–Kier alpha value is -1.14. The molecule has 3 atom stereocenters. The zero-order valence-electron chi connectivity index (χ0n) is 9.31. The molecule has 1 rings (SSSR count). The third-order valence-corrected chi connectivity index (χ3v) is 2.57. The number of nitrogens with one attached hydrogen (secondary N) is 1. The first-order valence-electron chi connectivity index (χ1n) is 5.36. The SMILES string of the molecule is CC(N)CCC(=O)NC1COCC1C(=O)O. The summed E-state index contributed by atoms with van der Waals surface area (Å²) in [5.41, 5.74) is 5.53. The molecule has 1 saturated heterocycles. The number of nitrogens with two attached hydrogens (primary N) is 1. The fourth-order valence-electron chi connectivity index (χ4n) is 1.58. The van der Waals surface area contributed by atoms with Gasteiger partial charge in [-0.25, -0.2) is 0 Å². The number of carbonyl (C=O) groups is 2. The van der Waals surface area contributed by atoms with Gasteiger partial charge in [0.1, 0.15) is 5.92 Å². The lowest BCUT2D eigenvalue weighted by Gasteiger charge is -2.15. The maximum absolute atomic E-state index is 11.5. The molecule has 1 aliphatic rings. The van der Waals surface area contributed by atoms with E-state index in [4.69, 9.17) is 15.6 Å². The fourth-order valence-corrected chi connectivity index (χ4v) is 1.58. The van der Waals surface area contributed by atoms with Crippen LogP contribution in [0, 0.1) is 5.92 Å².